The fraction of sp³-hybridized carbons (Fsp3) is 0.510. The van der Waals surface area contributed by atoms with Crippen molar-refractivity contribution in [1.82, 2.24) is 0 Å². The van der Waals surface area contributed by atoms with Crippen molar-refractivity contribution in [2.75, 3.05) is 0 Å². The number of benzene rings is 4. The van der Waals surface area contributed by atoms with Gasteiger partial charge in [0.05, 0.1) is 0 Å². The van der Waals surface area contributed by atoms with Crippen molar-refractivity contribution in [1.29, 1.82) is 0 Å². The minimum atomic E-state index is -4.74. The van der Waals surface area contributed by atoms with Crippen molar-refractivity contribution in [3.8, 4) is 23.0 Å². The maximum atomic E-state index is 14.2. The largest absolute Gasteiger partial charge is 0.573 e. The number of hydrogen-bond donors (Lipinski definition) is 0. The lowest BCUT2D eigenvalue weighted by Gasteiger charge is -2.29. The molecule has 4 aromatic carbocycles. The Labute approximate surface area is 354 Å². The van der Waals surface area contributed by atoms with Gasteiger partial charge in [-0.05, 0) is 146 Å². The highest BCUT2D eigenvalue weighted by Crippen LogP contribution is 2.40. The zero-order valence-corrected chi connectivity index (χ0v) is 35.1. The van der Waals surface area contributed by atoms with E-state index in [4.69, 9.17) is 9.47 Å². The zero-order chi connectivity index (χ0) is 43.8. The third kappa shape index (κ3) is 17.1. The molecule has 6 rings (SSSR count). The Balaban J connectivity index is 0.000000231. The van der Waals surface area contributed by atoms with Crippen LogP contribution in [0.2, 0.25) is 0 Å². The van der Waals surface area contributed by atoms with Crippen LogP contribution in [0.3, 0.4) is 0 Å². The maximum Gasteiger partial charge on any atom is 0.573 e. The van der Waals surface area contributed by atoms with Crippen LogP contribution in [0.4, 0.5) is 35.1 Å². The van der Waals surface area contributed by atoms with Gasteiger partial charge in [0.25, 0.3) is 0 Å². The average molecular weight is 863 g/mol. The highest BCUT2D eigenvalue weighted by atomic mass is 19.4. The molecule has 0 atom stereocenters. The second-order valence-electron chi connectivity index (χ2n) is 16.5. The molecular formula is C49H58F8O4. The Morgan fingerprint density at radius 3 is 1.28 bits per heavy atom. The Kier molecular flexibility index (Phi) is 18.0. The van der Waals surface area contributed by atoms with E-state index in [2.05, 4.69) is 23.3 Å². The first kappa shape index (κ1) is 47.6. The van der Waals surface area contributed by atoms with Crippen LogP contribution in [0.25, 0.3) is 0 Å². The van der Waals surface area contributed by atoms with Crippen molar-refractivity contribution in [3.05, 3.63) is 119 Å². The van der Waals surface area contributed by atoms with Crippen molar-refractivity contribution < 1.29 is 54.1 Å². The summed E-state index contributed by atoms with van der Waals surface area (Å²) in [6.45, 7) is 4.48. The monoisotopic (exact) mass is 862 g/mol. The molecule has 0 amide bonds. The van der Waals surface area contributed by atoms with E-state index in [1.165, 1.54) is 119 Å². The molecule has 0 aromatic heterocycles. The van der Waals surface area contributed by atoms with E-state index < -0.39 is 12.7 Å². The van der Waals surface area contributed by atoms with Crippen molar-refractivity contribution in [2.45, 2.75) is 148 Å². The molecule has 2 fully saturated rings. The number of rotatable bonds is 17. The molecule has 61 heavy (non-hydrogen) atoms. The standard InChI is InChI=1S/C25H30F4O2.C24H28F4O2/c1-2-3-4-6-18-9-11-20(12-10-18)21-14-22(26)16-24(15-21)30-17-19-7-5-8-23(13-19)31-25(27,28)29;1-2-3-5-17-8-10-19(11-9-17)20-13-21(25)15-23(14-20)29-16-18-6-4-7-22(12-18)30-24(26,27)28/h5,7-8,13-16,18,20H,2-4,6,9-12,17H2,1H3;4,6-7,12-15,17,19H,2-3,5,8-11,16H2,1H3. The summed E-state index contributed by atoms with van der Waals surface area (Å²) in [6.07, 6.45) is 8.27. The molecule has 0 heterocycles. The fourth-order valence-electron chi connectivity index (χ4n) is 8.55. The molecule has 2 aliphatic carbocycles. The molecule has 0 radical (unpaired) electrons. The minimum absolute atomic E-state index is 0.0295. The molecule has 0 saturated heterocycles. The zero-order valence-electron chi connectivity index (χ0n) is 35.1. The molecule has 12 heteroatoms. The lowest BCUT2D eigenvalue weighted by Crippen LogP contribution is -2.17. The summed E-state index contributed by atoms with van der Waals surface area (Å²) in [5.74, 6) is 1.66. The van der Waals surface area contributed by atoms with Crippen LogP contribution in [0.5, 0.6) is 23.0 Å². The van der Waals surface area contributed by atoms with Crippen molar-refractivity contribution >= 4 is 0 Å². The molecule has 2 aliphatic rings. The van der Waals surface area contributed by atoms with Crippen LogP contribution >= 0.6 is 0 Å². The number of ether oxygens (including phenoxy) is 4. The van der Waals surface area contributed by atoms with Gasteiger partial charge in [-0.2, -0.15) is 0 Å². The molecule has 4 nitrogen and oxygen atoms in total. The van der Waals surface area contributed by atoms with Gasteiger partial charge in [0.1, 0.15) is 47.8 Å². The van der Waals surface area contributed by atoms with Gasteiger partial charge >= 0.3 is 12.7 Å². The number of unbranched alkanes of at least 4 members (excludes halogenated alkanes) is 3. The summed E-state index contributed by atoms with van der Waals surface area (Å²) in [5, 5.41) is 0. The first-order valence-electron chi connectivity index (χ1n) is 21.7. The summed E-state index contributed by atoms with van der Waals surface area (Å²) in [5.41, 5.74) is 2.91. The molecule has 0 bridgehead atoms. The second-order valence-corrected chi connectivity index (χ2v) is 16.5. The van der Waals surface area contributed by atoms with Gasteiger partial charge in [0.15, 0.2) is 0 Å². The van der Waals surface area contributed by atoms with Gasteiger partial charge in [-0.1, -0.05) is 83.1 Å². The topological polar surface area (TPSA) is 36.9 Å². The van der Waals surface area contributed by atoms with Gasteiger partial charge in [0.2, 0.25) is 0 Å². The molecular weight excluding hydrogens is 805 g/mol. The molecule has 0 N–H and O–H groups in total. The van der Waals surface area contributed by atoms with Crippen LogP contribution in [-0.4, -0.2) is 12.7 Å². The summed E-state index contributed by atoms with van der Waals surface area (Å²) in [4.78, 5) is 0. The van der Waals surface area contributed by atoms with Crippen LogP contribution in [0.1, 0.15) is 144 Å². The highest BCUT2D eigenvalue weighted by Gasteiger charge is 2.32. The first-order chi connectivity index (χ1) is 29.1. The summed E-state index contributed by atoms with van der Waals surface area (Å²) in [7, 11) is 0. The van der Waals surface area contributed by atoms with Gasteiger partial charge < -0.3 is 18.9 Å². The van der Waals surface area contributed by atoms with E-state index in [9.17, 15) is 35.1 Å². The molecule has 0 unspecified atom stereocenters. The van der Waals surface area contributed by atoms with Crippen LogP contribution in [0, 0.1) is 23.5 Å². The van der Waals surface area contributed by atoms with Crippen LogP contribution in [0.15, 0.2) is 84.9 Å². The third-order valence-corrected chi connectivity index (χ3v) is 11.7. The highest BCUT2D eigenvalue weighted by molar-refractivity contribution is 5.35. The summed E-state index contributed by atoms with van der Waals surface area (Å²) in [6, 6.07) is 20.7. The van der Waals surface area contributed by atoms with E-state index >= 15 is 0 Å². The predicted octanol–water partition coefficient (Wildman–Crippen LogP) is 15.9. The molecule has 2 saturated carbocycles. The Bertz CT molecular complexity index is 1910. The Morgan fingerprint density at radius 1 is 0.475 bits per heavy atom. The second kappa shape index (κ2) is 23.1. The lowest BCUT2D eigenvalue weighted by molar-refractivity contribution is -0.275. The SMILES string of the molecule is CCCCC1CCC(c2cc(F)cc(OCc3cccc(OC(F)(F)F)c3)c2)CC1.CCCCCC1CCC(c2cc(F)cc(OCc3cccc(OC(F)(F)F)c3)c2)CC1. The third-order valence-electron chi connectivity index (χ3n) is 11.7. The van der Waals surface area contributed by atoms with Gasteiger partial charge in [-0.3, -0.25) is 0 Å². The van der Waals surface area contributed by atoms with E-state index in [1.807, 2.05) is 12.1 Å². The Morgan fingerprint density at radius 2 is 0.885 bits per heavy atom. The van der Waals surface area contributed by atoms with E-state index in [-0.39, 0.29) is 36.3 Å². The van der Waals surface area contributed by atoms with Crippen molar-refractivity contribution in [3.63, 3.8) is 0 Å². The van der Waals surface area contributed by atoms with E-state index in [1.54, 1.807) is 24.3 Å². The van der Waals surface area contributed by atoms with Crippen LogP contribution < -0.4 is 18.9 Å². The van der Waals surface area contributed by atoms with Gasteiger partial charge in [-0.15, -0.1) is 26.3 Å². The predicted molar refractivity (Wildman–Crippen MR) is 221 cm³/mol. The first-order valence-corrected chi connectivity index (χ1v) is 21.7. The van der Waals surface area contributed by atoms with Crippen LogP contribution in [-0.2, 0) is 13.2 Å². The number of halogens is 8. The van der Waals surface area contributed by atoms with E-state index in [0.717, 1.165) is 48.6 Å². The Hall–Kier alpha value is -4.48. The number of hydrogen-bond acceptors (Lipinski definition) is 4. The fourth-order valence-corrected chi connectivity index (χ4v) is 8.55. The smallest absolute Gasteiger partial charge is 0.489 e. The molecule has 0 aliphatic heterocycles. The molecule has 4 aromatic rings. The summed E-state index contributed by atoms with van der Waals surface area (Å²) >= 11 is 0. The van der Waals surface area contributed by atoms with Gasteiger partial charge in [-0.25, -0.2) is 8.78 Å². The van der Waals surface area contributed by atoms with Crippen molar-refractivity contribution in [2.24, 2.45) is 11.8 Å². The maximum absolute atomic E-state index is 14.2. The molecule has 0 spiro atoms. The molecule has 334 valence electrons. The number of alkyl halides is 6. The van der Waals surface area contributed by atoms with E-state index in [0.29, 0.717) is 34.5 Å². The quantitative estimate of drug-likeness (QED) is 0.0783. The lowest BCUT2D eigenvalue weighted by atomic mass is 9.77. The average Bonchev–Trinajstić information content (AvgIpc) is 3.21. The minimum Gasteiger partial charge on any atom is -0.489 e. The van der Waals surface area contributed by atoms with Gasteiger partial charge in [0, 0.05) is 12.1 Å². The summed E-state index contributed by atoms with van der Waals surface area (Å²) < 4.78 is 122. The normalized spacial score (nSPS) is 19.4.